The number of anilines is 1. The molecule has 0 aliphatic heterocycles. The summed E-state index contributed by atoms with van der Waals surface area (Å²) in [6, 6.07) is 8.13. The molecule has 0 spiro atoms. The molecule has 1 amide bonds. The first-order valence-corrected chi connectivity index (χ1v) is 8.94. The molecule has 0 fully saturated rings. The number of methoxy groups -OCH3 is 3. The normalized spacial score (nSPS) is 10.1. The highest BCUT2D eigenvalue weighted by Gasteiger charge is 2.21. The van der Waals surface area contributed by atoms with Gasteiger partial charge in [-0.25, -0.2) is 0 Å². The third-order valence-corrected chi connectivity index (χ3v) is 4.14. The van der Waals surface area contributed by atoms with Gasteiger partial charge in [0.2, 0.25) is 11.7 Å². The van der Waals surface area contributed by atoms with Crippen LogP contribution < -0.4 is 19.5 Å². The number of nitrogens with one attached hydrogen (secondary N) is 1. The molecule has 154 valence electrons. The van der Waals surface area contributed by atoms with Crippen molar-refractivity contribution < 1.29 is 28.5 Å². The fourth-order valence-electron chi connectivity index (χ4n) is 2.83. The highest BCUT2D eigenvalue weighted by molar-refractivity contribution is 6.14. The lowest BCUT2D eigenvalue weighted by atomic mass is 9.98. The number of hydrogen-bond donors (Lipinski definition) is 1. The molecular formula is C22H25NO6. The van der Waals surface area contributed by atoms with Gasteiger partial charge in [0, 0.05) is 23.6 Å². The molecule has 0 heterocycles. The summed E-state index contributed by atoms with van der Waals surface area (Å²) >= 11 is 0. The Hall–Kier alpha value is -3.48. The SMILES string of the molecule is C=C(OCC)c1ccc(NC(C)=O)c(C(=O)c2cc(OC)c(OC)c(OC)c2)c1. The molecule has 0 aliphatic carbocycles. The highest BCUT2D eigenvalue weighted by atomic mass is 16.5. The van der Waals surface area contributed by atoms with Crippen LogP contribution in [0.15, 0.2) is 36.9 Å². The number of hydrogen-bond acceptors (Lipinski definition) is 6. The van der Waals surface area contributed by atoms with E-state index in [1.165, 1.54) is 28.3 Å². The van der Waals surface area contributed by atoms with E-state index < -0.39 is 0 Å². The molecule has 2 aromatic carbocycles. The Morgan fingerprint density at radius 3 is 2.07 bits per heavy atom. The molecule has 0 unspecified atom stereocenters. The minimum absolute atomic E-state index is 0.285. The van der Waals surface area contributed by atoms with Crippen molar-refractivity contribution in [1.29, 1.82) is 0 Å². The molecule has 29 heavy (non-hydrogen) atoms. The summed E-state index contributed by atoms with van der Waals surface area (Å²) in [6.07, 6.45) is 0. The van der Waals surface area contributed by atoms with Crippen molar-refractivity contribution in [1.82, 2.24) is 0 Å². The number of benzene rings is 2. The van der Waals surface area contributed by atoms with E-state index >= 15 is 0 Å². The van der Waals surface area contributed by atoms with Crippen LogP contribution in [-0.2, 0) is 9.53 Å². The van der Waals surface area contributed by atoms with E-state index in [0.29, 0.717) is 46.4 Å². The minimum atomic E-state index is -0.334. The number of carbonyl (C=O) groups is 2. The quantitative estimate of drug-likeness (QED) is 0.508. The minimum Gasteiger partial charge on any atom is -0.494 e. The summed E-state index contributed by atoms with van der Waals surface area (Å²) in [5.74, 6) is 0.893. The van der Waals surface area contributed by atoms with Crippen LogP contribution in [-0.4, -0.2) is 39.6 Å². The Labute approximate surface area is 170 Å². The molecule has 0 aromatic heterocycles. The summed E-state index contributed by atoms with van der Waals surface area (Å²) in [6.45, 7) is 7.55. The zero-order chi connectivity index (χ0) is 21.6. The first-order chi connectivity index (χ1) is 13.9. The van der Waals surface area contributed by atoms with Crippen LogP contribution in [0, 0.1) is 0 Å². The topological polar surface area (TPSA) is 83.1 Å². The second-order valence-electron chi connectivity index (χ2n) is 6.04. The summed E-state index contributed by atoms with van der Waals surface area (Å²) in [4.78, 5) is 25.0. The van der Waals surface area contributed by atoms with Gasteiger partial charge in [0.1, 0.15) is 5.76 Å². The predicted octanol–water partition coefficient (Wildman–Crippen LogP) is 3.91. The van der Waals surface area contributed by atoms with E-state index in [9.17, 15) is 9.59 Å². The van der Waals surface area contributed by atoms with Crippen LogP contribution >= 0.6 is 0 Å². The molecule has 2 aromatic rings. The molecule has 2 rings (SSSR count). The molecule has 0 aliphatic rings. The van der Waals surface area contributed by atoms with Gasteiger partial charge < -0.3 is 24.3 Å². The largest absolute Gasteiger partial charge is 0.494 e. The molecular weight excluding hydrogens is 374 g/mol. The van der Waals surface area contributed by atoms with Crippen molar-refractivity contribution >= 4 is 23.1 Å². The zero-order valence-corrected chi connectivity index (χ0v) is 17.3. The third kappa shape index (κ3) is 4.87. The fraction of sp³-hybridized carbons (Fsp3) is 0.273. The predicted molar refractivity (Wildman–Crippen MR) is 111 cm³/mol. The van der Waals surface area contributed by atoms with E-state index in [0.717, 1.165) is 0 Å². The molecule has 0 bridgehead atoms. The van der Waals surface area contributed by atoms with Crippen LogP contribution in [0.25, 0.3) is 5.76 Å². The number of rotatable bonds is 9. The van der Waals surface area contributed by atoms with Gasteiger partial charge in [-0.05, 0) is 37.3 Å². The van der Waals surface area contributed by atoms with Crippen LogP contribution in [0.3, 0.4) is 0 Å². The monoisotopic (exact) mass is 399 g/mol. The fourth-order valence-corrected chi connectivity index (χ4v) is 2.83. The second-order valence-corrected chi connectivity index (χ2v) is 6.04. The smallest absolute Gasteiger partial charge is 0.221 e. The van der Waals surface area contributed by atoms with Crippen LogP contribution in [0.4, 0.5) is 5.69 Å². The Balaban J connectivity index is 2.61. The zero-order valence-electron chi connectivity index (χ0n) is 17.3. The van der Waals surface area contributed by atoms with E-state index in [1.807, 2.05) is 6.92 Å². The molecule has 7 heteroatoms. The van der Waals surface area contributed by atoms with E-state index in [1.54, 1.807) is 30.3 Å². The number of amides is 1. The summed E-state index contributed by atoms with van der Waals surface area (Å²) in [7, 11) is 4.43. The maximum Gasteiger partial charge on any atom is 0.221 e. The maximum absolute atomic E-state index is 13.3. The first-order valence-electron chi connectivity index (χ1n) is 8.94. The lowest BCUT2D eigenvalue weighted by Gasteiger charge is -2.16. The lowest BCUT2D eigenvalue weighted by molar-refractivity contribution is -0.114. The highest BCUT2D eigenvalue weighted by Crippen LogP contribution is 2.39. The van der Waals surface area contributed by atoms with Crippen molar-refractivity contribution in [3.05, 3.63) is 53.6 Å². The molecule has 0 atom stereocenters. The van der Waals surface area contributed by atoms with Gasteiger partial charge in [0.25, 0.3) is 0 Å². The summed E-state index contributed by atoms with van der Waals surface area (Å²) < 4.78 is 21.4. The van der Waals surface area contributed by atoms with Gasteiger partial charge in [-0.2, -0.15) is 0 Å². The Morgan fingerprint density at radius 2 is 1.59 bits per heavy atom. The maximum atomic E-state index is 13.3. The second kappa shape index (κ2) is 9.64. The average molecular weight is 399 g/mol. The average Bonchev–Trinajstić information content (AvgIpc) is 2.72. The lowest BCUT2D eigenvalue weighted by Crippen LogP contribution is -2.12. The number of ether oxygens (including phenoxy) is 4. The molecule has 1 N–H and O–H groups in total. The van der Waals surface area contributed by atoms with Crippen LogP contribution in [0.1, 0.15) is 35.3 Å². The molecule has 7 nitrogen and oxygen atoms in total. The van der Waals surface area contributed by atoms with Crippen molar-refractivity contribution in [2.24, 2.45) is 0 Å². The van der Waals surface area contributed by atoms with Gasteiger partial charge in [0.15, 0.2) is 17.3 Å². The van der Waals surface area contributed by atoms with Gasteiger partial charge in [-0.15, -0.1) is 0 Å². The van der Waals surface area contributed by atoms with Gasteiger partial charge in [0.05, 0.1) is 33.6 Å². The van der Waals surface area contributed by atoms with E-state index in [-0.39, 0.29) is 17.3 Å². The summed E-state index contributed by atoms with van der Waals surface area (Å²) in [5.41, 5.74) is 1.61. The van der Waals surface area contributed by atoms with E-state index in [4.69, 9.17) is 18.9 Å². The van der Waals surface area contributed by atoms with Gasteiger partial charge in [-0.3, -0.25) is 9.59 Å². The Bertz CT molecular complexity index is 910. The molecule has 0 saturated heterocycles. The van der Waals surface area contributed by atoms with Crippen molar-refractivity contribution in [3.8, 4) is 17.2 Å². The molecule has 0 radical (unpaired) electrons. The Kier molecular flexibility index (Phi) is 7.25. The van der Waals surface area contributed by atoms with Gasteiger partial charge in [-0.1, -0.05) is 6.58 Å². The third-order valence-electron chi connectivity index (χ3n) is 4.14. The van der Waals surface area contributed by atoms with Crippen molar-refractivity contribution in [2.45, 2.75) is 13.8 Å². The van der Waals surface area contributed by atoms with Crippen LogP contribution in [0.5, 0.6) is 17.2 Å². The van der Waals surface area contributed by atoms with Crippen molar-refractivity contribution in [3.63, 3.8) is 0 Å². The van der Waals surface area contributed by atoms with Crippen LogP contribution in [0.2, 0.25) is 0 Å². The summed E-state index contributed by atoms with van der Waals surface area (Å²) in [5, 5.41) is 2.68. The first kappa shape index (κ1) is 21.8. The standard InChI is InChI=1S/C22H25NO6/c1-7-29-13(2)15-8-9-18(23-14(3)24)17(10-15)21(25)16-11-19(26-4)22(28-6)20(12-16)27-5/h8-12H,2,7H2,1,3-6H3,(H,23,24). The molecule has 0 saturated carbocycles. The number of carbonyl (C=O) groups excluding carboxylic acids is 2. The number of ketones is 1. The van der Waals surface area contributed by atoms with Gasteiger partial charge >= 0.3 is 0 Å². The van der Waals surface area contributed by atoms with E-state index in [2.05, 4.69) is 11.9 Å². The Morgan fingerprint density at radius 1 is 0.966 bits per heavy atom. The van der Waals surface area contributed by atoms with Crippen molar-refractivity contribution in [2.75, 3.05) is 33.3 Å².